The Kier molecular flexibility index (Phi) is 21.4. The highest BCUT2D eigenvalue weighted by Gasteiger charge is 2.54. The summed E-state index contributed by atoms with van der Waals surface area (Å²) in [6.07, 6.45) is 2.87. The topological polar surface area (TPSA) is 66.0 Å². The maximum Gasteiger partial charge on any atom is 0.252 e. The van der Waals surface area contributed by atoms with Crippen molar-refractivity contribution in [3.8, 4) is 0 Å². The van der Waals surface area contributed by atoms with Gasteiger partial charge >= 0.3 is 0 Å². The Hall–Kier alpha value is 1.40. The van der Waals surface area contributed by atoms with Crippen LogP contribution in [-0.4, -0.2) is 41.3 Å². The molecule has 2 aliphatic heterocycles. The van der Waals surface area contributed by atoms with Gasteiger partial charge in [0.1, 0.15) is 11.6 Å². The van der Waals surface area contributed by atoms with Gasteiger partial charge in [0, 0.05) is 30.3 Å². The van der Waals surface area contributed by atoms with Crippen LogP contribution in [0, 0.1) is 0 Å². The van der Waals surface area contributed by atoms with Crippen molar-refractivity contribution in [3.63, 3.8) is 0 Å². The van der Waals surface area contributed by atoms with Gasteiger partial charge < -0.3 is 22.6 Å². The molecular weight excluding hydrogens is 737 g/mol. The van der Waals surface area contributed by atoms with Crippen molar-refractivity contribution in [1.29, 1.82) is 0 Å². The molecule has 0 spiro atoms. The normalized spacial score (nSPS) is 20.3. The van der Waals surface area contributed by atoms with Gasteiger partial charge in [0.05, 0.1) is 22.3 Å². The molecule has 0 bridgehead atoms. The molecule has 2 heterocycles. The molecule has 2 aliphatic rings. The number of nitrogens with two attached hydrogens (primary N) is 1. The molecule has 1 aromatic carbocycles. The summed E-state index contributed by atoms with van der Waals surface area (Å²) in [5.74, 6) is -0.0104. The first-order valence-electron chi connectivity index (χ1n) is 11.1. The van der Waals surface area contributed by atoms with Gasteiger partial charge in [-0.25, -0.2) is 8.93 Å². The van der Waals surface area contributed by atoms with Crippen LogP contribution in [0.1, 0.15) is 58.2 Å². The molecule has 3 rings (SSSR count). The van der Waals surface area contributed by atoms with Crippen LogP contribution in [0.15, 0.2) is 29.8 Å². The number of allylic oxidation sites excluding steroid dienone is 1. The Morgan fingerprint density at radius 1 is 1.05 bits per heavy atom. The molecule has 3 N–H and O–H groups in total. The molecule has 0 saturated heterocycles. The maximum absolute atomic E-state index is 13.3. The van der Waals surface area contributed by atoms with Crippen LogP contribution in [-0.2, 0) is 21.3 Å². The Balaban J connectivity index is 0. The quantitative estimate of drug-likeness (QED) is 0.342. The van der Waals surface area contributed by atoms with Crippen molar-refractivity contribution in [2.75, 3.05) is 18.5 Å². The fourth-order valence-corrected chi connectivity index (χ4v) is 4.81. The third-order valence-electron chi connectivity index (χ3n) is 5.17. The zero-order chi connectivity index (χ0) is 30.0. The van der Waals surface area contributed by atoms with Crippen molar-refractivity contribution in [2.45, 2.75) is 70.3 Å². The summed E-state index contributed by atoms with van der Waals surface area (Å²) in [5.41, 5.74) is 3.40. The number of amides is 1. The molecule has 228 valence electrons. The van der Waals surface area contributed by atoms with Crippen LogP contribution in [0.2, 0.25) is 0 Å². The van der Waals surface area contributed by atoms with E-state index in [2.05, 4.69) is 36.0 Å². The summed E-state index contributed by atoms with van der Waals surface area (Å²) < 4.78 is 13.5. The number of hydrogen-bond acceptors (Lipinski definition) is 2. The molecule has 0 fully saturated rings. The van der Waals surface area contributed by atoms with Crippen LogP contribution in [0.25, 0.3) is 0 Å². The molecule has 0 aromatic heterocycles. The highest BCUT2D eigenvalue weighted by molar-refractivity contribution is 7.84. The summed E-state index contributed by atoms with van der Waals surface area (Å²) in [5, 5.41) is 2.28. The summed E-state index contributed by atoms with van der Waals surface area (Å²) in [6.45, 7) is 10.8. The number of halogens is 10. The van der Waals surface area contributed by atoms with Crippen LogP contribution in [0.5, 0.6) is 0 Å². The SMILES string of the molecule is CC(C)=C[C@H]1[NH2+]CC[C@@]2(N[S@@](=O)C(C)(C)C)C(=O)N(C)c3cccc1c32.ClC(Cl)Cl.ClC(Cl)Cl.ClC(Cl)Cl.[Cl-]. The van der Waals surface area contributed by atoms with Crippen LogP contribution < -0.4 is 27.3 Å². The molecule has 5 nitrogen and oxygen atoms in total. The molecule has 39 heavy (non-hydrogen) atoms. The smallest absolute Gasteiger partial charge is 0.252 e. The molecule has 0 radical (unpaired) electrons. The van der Waals surface area contributed by atoms with Gasteiger partial charge in [-0.1, -0.05) is 122 Å². The Morgan fingerprint density at radius 2 is 1.51 bits per heavy atom. The van der Waals surface area contributed by atoms with Crippen molar-refractivity contribution in [3.05, 3.63) is 41.0 Å². The lowest BCUT2D eigenvalue weighted by molar-refractivity contribution is -0.685. The molecule has 0 unspecified atom stereocenters. The lowest BCUT2D eigenvalue weighted by Gasteiger charge is -2.31. The lowest BCUT2D eigenvalue weighted by Crippen LogP contribution is -3.00. The van der Waals surface area contributed by atoms with Gasteiger partial charge in [0.25, 0.3) is 5.91 Å². The van der Waals surface area contributed by atoms with E-state index in [-0.39, 0.29) is 24.4 Å². The third-order valence-corrected chi connectivity index (χ3v) is 6.81. The predicted molar refractivity (Wildman–Crippen MR) is 170 cm³/mol. The first-order valence-corrected chi connectivity index (χ1v) is 16.2. The second-order valence-corrected chi connectivity index (χ2v) is 17.2. The average molecular weight is 770 g/mol. The largest absolute Gasteiger partial charge is 1.00 e. The Bertz CT molecular complexity index is 934. The van der Waals surface area contributed by atoms with Gasteiger partial charge in [0.2, 0.25) is 0 Å². The van der Waals surface area contributed by atoms with E-state index in [0.29, 0.717) is 6.42 Å². The lowest BCUT2D eigenvalue weighted by atomic mass is 9.85. The van der Waals surface area contributed by atoms with E-state index in [1.807, 2.05) is 40.0 Å². The minimum atomic E-state index is -1.34. The first-order chi connectivity index (χ1) is 17.3. The minimum Gasteiger partial charge on any atom is -1.00 e. The van der Waals surface area contributed by atoms with E-state index in [0.717, 1.165) is 23.4 Å². The molecule has 0 aliphatic carbocycles. The van der Waals surface area contributed by atoms with Gasteiger partial charge in [0.15, 0.2) is 12.9 Å². The second kappa shape index (κ2) is 19.6. The first kappa shape index (κ1) is 42.5. The summed E-state index contributed by atoms with van der Waals surface area (Å²) in [4.78, 5) is 15.1. The van der Waals surface area contributed by atoms with Crippen molar-refractivity contribution < 1.29 is 26.7 Å². The van der Waals surface area contributed by atoms with Gasteiger partial charge in [-0.3, -0.25) is 4.79 Å². The van der Waals surface area contributed by atoms with E-state index < -0.39 is 34.2 Å². The fourth-order valence-electron chi connectivity index (χ4n) is 3.89. The number of likely N-dealkylation sites (N-methyl/N-ethyl adjacent to an activating group) is 1. The van der Waals surface area contributed by atoms with E-state index in [1.165, 1.54) is 5.57 Å². The Morgan fingerprint density at radius 3 is 1.92 bits per heavy atom. The molecule has 16 heteroatoms. The summed E-state index contributed by atoms with van der Waals surface area (Å²) >= 11 is 43.3. The predicted octanol–water partition coefficient (Wildman–Crippen LogP) is 4.85. The molecule has 1 amide bonds. The molecule has 0 saturated carbocycles. The number of carbonyl (C=O) groups excluding carboxylic acids is 1. The number of carbonyl (C=O) groups is 1. The standard InChI is InChI=1S/C20H29N3O2S.3CHCl3.ClH/c1-13(2)12-15-14-8-7-9-16-17(14)20(10-11-21-15,18(24)23(16)6)22-26(25)19(3,4)5;3*2-1(3)4;/h7-9,12,15,21-22H,10-11H2,1-6H3;3*1H;1H/t15-,20+,26+;;;;/m1..../s1. The maximum atomic E-state index is 13.3. The monoisotopic (exact) mass is 765 g/mol. The number of quaternary nitrogens is 1. The average Bonchev–Trinajstić information content (AvgIpc) is 2.84. The third kappa shape index (κ3) is 14.6. The van der Waals surface area contributed by atoms with Crippen LogP contribution in [0.4, 0.5) is 5.69 Å². The number of benzene rings is 1. The second-order valence-electron chi connectivity index (χ2n) is 9.28. The Labute approximate surface area is 285 Å². The van der Waals surface area contributed by atoms with Crippen molar-refractivity contribution in [2.24, 2.45) is 0 Å². The van der Waals surface area contributed by atoms with Crippen LogP contribution >= 0.6 is 104 Å². The number of alkyl halides is 9. The zero-order valence-electron chi connectivity index (χ0n) is 22.1. The van der Waals surface area contributed by atoms with Crippen LogP contribution in [0.3, 0.4) is 0 Å². The van der Waals surface area contributed by atoms with Gasteiger partial charge in [-0.15, -0.1) is 0 Å². The summed E-state index contributed by atoms with van der Waals surface area (Å²) in [7, 11) is 0.475. The number of hydrogen-bond donors (Lipinski definition) is 2. The highest BCUT2D eigenvalue weighted by atomic mass is 35.6. The zero-order valence-corrected chi connectivity index (χ0v) is 30.4. The number of anilines is 1. The molecule has 3 atom stereocenters. The minimum absolute atomic E-state index is 0. The van der Waals surface area contributed by atoms with E-state index in [1.54, 1.807) is 4.90 Å². The fraction of sp³-hybridized carbons (Fsp3) is 0.609. The van der Waals surface area contributed by atoms with E-state index in [4.69, 9.17) is 104 Å². The van der Waals surface area contributed by atoms with Gasteiger partial charge in [-0.2, -0.15) is 0 Å². The highest BCUT2D eigenvalue weighted by Crippen LogP contribution is 2.46. The number of nitrogens with one attached hydrogen (secondary N) is 1. The van der Waals surface area contributed by atoms with E-state index in [9.17, 15) is 9.00 Å². The summed E-state index contributed by atoms with van der Waals surface area (Å²) in [6, 6.07) is 6.28. The molecule has 1 aromatic rings. The van der Waals surface area contributed by atoms with Crippen molar-refractivity contribution >= 4 is 127 Å². The van der Waals surface area contributed by atoms with Crippen molar-refractivity contribution in [1.82, 2.24) is 4.72 Å². The van der Waals surface area contributed by atoms with E-state index >= 15 is 0 Å². The number of rotatable bonds is 3. The van der Waals surface area contributed by atoms with Gasteiger partial charge in [-0.05, 0) is 46.8 Å². The number of nitrogens with zero attached hydrogens (tertiary/aromatic N) is 1. The molecular formula is C23H33Cl10N3O2S.